The van der Waals surface area contributed by atoms with Gasteiger partial charge in [0, 0.05) is 20.6 Å². The van der Waals surface area contributed by atoms with Crippen LogP contribution in [0.15, 0.2) is 0 Å². The monoisotopic (exact) mass is 176 g/mol. The normalized spacial score (nSPS) is 43.0. The quantitative estimate of drug-likeness (QED) is 0.650. The van der Waals surface area contributed by atoms with Crippen LogP contribution in [0.25, 0.3) is 0 Å². The van der Waals surface area contributed by atoms with Crippen LogP contribution in [0.4, 0.5) is 0 Å². The summed E-state index contributed by atoms with van der Waals surface area (Å²) in [6, 6.07) is 0. The van der Waals surface area contributed by atoms with Crippen LogP contribution in [0, 0.1) is 0 Å². The summed E-state index contributed by atoms with van der Waals surface area (Å²) in [6.07, 6.45) is -0.690. The maximum absolute atomic E-state index is 9.56. The van der Waals surface area contributed by atoms with E-state index in [4.69, 9.17) is 14.2 Å². The SMILES string of the molecule is CO[C@@H]1C[C@H](O)[C@@H](OC)[C@@H](C)O1. The number of hydrogen-bond donors (Lipinski definition) is 1. The third kappa shape index (κ3) is 1.95. The molecular formula is C8H16O4. The largest absolute Gasteiger partial charge is 0.390 e. The van der Waals surface area contributed by atoms with Crippen molar-refractivity contribution in [1.82, 2.24) is 0 Å². The molecule has 0 amide bonds. The van der Waals surface area contributed by atoms with Gasteiger partial charge >= 0.3 is 0 Å². The predicted octanol–water partition coefficient (Wildman–Crippen LogP) is 0.144. The average Bonchev–Trinajstić information content (AvgIpc) is 2.03. The highest BCUT2D eigenvalue weighted by Gasteiger charge is 2.35. The first kappa shape index (κ1) is 9.92. The maximum atomic E-state index is 9.56. The summed E-state index contributed by atoms with van der Waals surface area (Å²) in [4.78, 5) is 0. The van der Waals surface area contributed by atoms with Gasteiger partial charge in [0.25, 0.3) is 0 Å². The zero-order chi connectivity index (χ0) is 9.14. The Bertz CT molecular complexity index is 127. The Hall–Kier alpha value is -0.160. The number of rotatable bonds is 2. The summed E-state index contributed by atoms with van der Waals surface area (Å²) in [5.74, 6) is 0. The molecule has 0 aromatic heterocycles. The van der Waals surface area contributed by atoms with Gasteiger partial charge in [0.1, 0.15) is 6.10 Å². The van der Waals surface area contributed by atoms with Crippen LogP contribution in [-0.2, 0) is 14.2 Å². The molecule has 4 nitrogen and oxygen atoms in total. The molecule has 1 saturated heterocycles. The van der Waals surface area contributed by atoms with E-state index in [2.05, 4.69) is 0 Å². The van der Waals surface area contributed by atoms with Gasteiger partial charge in [0.05, 0.1) is 12.2 Å². The van der Waals surface area contributed by atoms with E-state index in [0.29, 0.717) is 6.42 Å². The van der Waals surface area contributed by atoms with Crippen LogP contribution in [0.1, 0.15) is 13.3 Å². The maximum Gasteiger partial charge on any atom is 0.160 e. The lowest BCUT2D eigenvalue weighted by Crippen LogP contribution is -2.48. The first-order valence-corrected chi connectivity index (χ1v) is 4.08. The Morgan fingerprint density at radius 3 is 2.42 bits per heavy atom. The molecule has 0 aliphatic carbocycles. The summed E-state index contributed by atoms with van der Waals surface area (Å²) >= 11 is 0. The number of hydrogen-bond acceptors (Lipinski definition) is 4. The van der Waals surface area contributed by atoms with Crippen molar-refractivity contribution in [2.45, 2.75) is 37.9 Å². The van der Waals surface area contributed by atoms with Gasteiger partial charge in [-0.15, -0.1) is 0 Å². The molecule has 0 aromatic rings. The van der Waals surface area contributed by atoms with E-state index in [1.807, 2.05) is 6.92 Å². The van der Waals surface area contributed by atoms with Gasteiger partial charge in [-0.2, -0.15) is 0 Å². The molecule has 12 heavy (non-hydrogen) atoms. The fourth-order valence-electron chi connectivity index (χ4n) is 1.52. The lowest BCUT2D eigenvalue weighted by atomic mass is 10.0. The summed E-state index contributed by atoms with van der Waals surface area (Å²) < 4.78 is 15.5. The van der Waals surface area contributed by atoms with Crippen LogP contribution in [0.5, 0.6) is 0 Å². The van der Waals surface area contributed by atoms with Crippen molar-refractivity contribution < 1.29 is 19.3 Å². The van der Waals surface area contributed by atoms with Crippen LogP contribution < -0.4 is 0 Å². The molecule has 1 N–H and O–H groups in total. The lowest BCUT2D eigenvalue weighted by molar-refractivity contribution is -0.242. The topological polar surface area (TPSA) is 47.9 Å². The first-order valence-electron chi connectivity index (χ1n) is 4.08. The van der Waals surface area contributed by atoms with Crippen molar-refractivity contribution in [3.63, 3.8) is 0 Å². The van der Waals surface area contributed by atoms with Crippen LogP contribution in [-0.4, -0.2) is 43.9 Å². The summed E-state index contributed by atoms with van der Waals surface area (Å²) in [5.41, 5.74) is 0. The van der Waals surface area contributed by atoms with E-state index in [1.54, 1.807) is 14.2 Å². The number of aliphatic hydroxyl groups is 1. The van der Waals surface area contributed by atoms with E-state index in [0.717, 1.165) is 0 Å². The standard InChI is InChI=1S/C8H16O4/c1-5-8(11-3)6(9)4-7(10-2)12-5/h5-9H,4H2,1-3H3/t5-,6+,7+,8+/m1/s1. The molecule has 4 heteroatoms. The van der Waals surface area contributed by atoms with Crippen LogP contribution >= 0.6 is 0 Å². The van der Waals surface area contributed by atoms with Gasteiger partial charge in [-0.1, -0.05) is 0 Å². The number of methoxy groups -OCH3 is 2. The van der Waals surface area contributed by atoms with Crippen molar-refractivity contribution >= 4 is 0 Å². The zero-order valence-corrected chi connectivity index (χ0v) is 7.69. The highest BCUT2D eigenvalue weighted by Crippen LogP contribution is 2.22. The van der Waals surface area contributed by atoms with E-state index >= 15 is 0 Å². The van der Waals surface area contributed by atoms with Crippen molar-refractivity contribution in [3.05, 3.63) is 0 Å². The fourth-order valence-corrected chi connectivity index (χ4v) is 1.52. The van der Waals surface area contributed by atoms with E-state index in [9.17, 15) is 5.11 Å². The first-order chi connectivity index (χ1) is 5.69. The molecule has 0 bridgehead atoms. The van der Waals surface area contributed by atoms with Crippen LogP contribution in [0.3, 0.4) is 0 Å². The van der Waals surface area contributed by atoms with Gasteiger partial charge in [-0.05, 0) is 6.92 Å². The average molecular weight is 176 g/mol. The van der Waals surface area contributed by atoms with Gasteiger partial charge in [0.15, 0.2) is 6.29 Å². The van der Waals surface area contributed by atoms with Crippen molar-refractivity contribution in [1.29, 1.82) is 0 Å². The van der Waals surface area contributed by atoms with Gasteiger partial charge in [-0.25, -0.2) is 0 Å². The minimum atomic E-state index is -0.497. The molecule has 1 rings (SSSR count). The summed E-state index contributed by atoms with van der Waals surface area (Å²) in [5, 5.41) is 9.56. The van der Waals surface area contributed by atoms with Crippen molar-refractivity contribution in [2.24, 2.45) is 0 Å². The Balaban J connectivity index is 2.51. The number of ether oxygens (including phenoxy) is 3. The van der Waals surface area contributed by atoms with Gasteiger partial charge < -0.3 is 19.3 Å². The molecule has 72 valence electrons. The summed E-state index contributed by atoms with van der Waals surface area (Å²) in [7, 11) is 3.14. The highest BCUT2D eigenvalue weighted by molar-refractivity contribution is 4.81. The van der Waals surface area contributed by atoms with E-state index in [-0.39, 0.29) is 18.5 Å². The molecule has 0 aromatic carbocycles. The predicted molar refractivity (Wildman–Crippen MR) is 42.8 cm³/mol. The van der Waals surface area contributed by atoms with E-state index < -0.39 is 6.10 Å². The summed E-state index contributed by atoms with van der Waals surface area (Å²) in [6.45, 7) is 1.86. The van der Waals surface area contributed by atoms with Crippen molar-refractivity contribution in [2.75, 3.05) is 14.2 Å². The number of aliphatic hydroxyl groups excluding tert-OH is 1. The molecule has 1 fully saturated rings. The zero-order valence-electron chi connectivity index (χ0n) is 7.69. The molecule has 0 saturated carbocycles. The Labute approximate surface area is 72.4 Å². The second-order valence-corrected chi connectivity index (χ2v) is 3.01. The second kappa shape index (κ2) is 4.18. The molecule has 0 radical (unpaired) electrons. The molecule has 4 atom stereocenters. The van der Waals surface area contributed by atoms with Crippen molar-refractivity contribution in [3.8, 4) is 0 Å². The Kier molecular flexibility index (Phi) is 3.46. The van der Waals surface area contributed by atoms with Gasteiger partial charge in [0.2, 0.25) is 0 Å². The minimum absolute atomic E-state index is 0.122. The molecule has 1 aliphatic heterocycles. The fraction of sp³-hybridized carbons (Fsp3) is 1.00. The molecular weight excluding hydrogens is 160 g/mol. The molecule has 1 aliphatic rings. The van der Waals surface area contributed by atoms with E-state index in [1.165, 1.54) is 0 Å². The minimum Gasteiger partial charge on any atom is -0.390 e. The Morgan fingerprint density at radius 1 is 1.33 bits per heavy atom. The lowest BCUT2D eigenvalue weighted by Gasteiger charge is -2.36. The Morgan fingerprint density at radius 2 is 2.00 bits per heavy atom. The molecule has 1 heterocycles. The third-order valence-electron chi connectivity index (χ3n) is 2.18. The molecule has 0 spiro atoms. The smallest absolute Gasteiger partial charge is 0.160 e. The highest BCUT2D eigenvalue weighted by atomic mass is 16.7. The second-order valence-electron chi connectivity index (χ2n) is 3.01. The van der Waals surface area contributed by atoms with Crippen LogP contribution in [0.2, 0.25) is 0 Å². The van der Waals surface area contributed by atoms with Gasteiger partial charge in [-0.3, -0.25) is 0 Å². The molecule has 0 unspecified atom stereocenters. The third-order valence-corrected chi connectivity index (χ3v) is 2.18.